The zero-order valence-electron chi connectivity index (χ0n) is 12.0. The molecule has 5 nitrogen and oxygen atoms in total. The van der Waals surface area contributed by atoms with Crippen molar-refractivity contribution in [3.05, 3.63) is 38.2 Å². The lowest BCUT2D eigenvalue weighted by Gasteiger charge is -2.33. The fourth-order valence-corrected chi connectivity index (χ4v) is 4.43. The predicted octanol–water partition coefficient (Wildman–Crippen LogP) is 4.48. The zero-order chi connectivity index (χ0) is 15.9. The molecule has 2 aromatic rings. The second-order valence-corrected chi connectivity index (χ2v) is 6.90. The van der Waals surface area contributed by atoms with Gasteiger partial charge in [-0.1, -0.05) is 23.7 Å². The molecule has 1 aliphatic rings. The quantitative estimate of drug-likeness (QED) is 0.599. The Balaban J connectivity index is 2.07. The van der Waals surface area contributed by atoms with Gasteiger partial charge in [-0.3, -0.25) is 14.9 Å². The van der Waals surface area contributed by atoms with Crippen molar-refractivity contribution in [2.75, 3.05) is 6.54 Å². The molecule has 1 aromatic heterocycles. The molecule has 0 bridgehead atoms. The average Bonchev–Trinajstić information content (AvgIpc) is 2.84. The maximum Gasteiger partial charge on any atom is 0.287 e. The number of likely N-dealkylation sites (tertiary alicyclic amines) is 1. The van der Waals surface area contributed by atoms with Crippen molar-refractivity contribution in [1.82, 2.24) is 4.90 Å². The number of rotatable bonds is 2. The zero-order valence-corrected chi connectivity index (χ0v) is 13.6. The Morgan fingerprint density at radius 2 is 2.23 bits per heavy atom. The fraction of sp³-hybridized carbons (Fsp3) is 0.400. The number of nitro groups is 1. The molecule has 0 radical (unpaired) electrons. The van der Waals surface area contributed by atoms with Crippen LogP contribution in [0, 0.1) is 10.1 Å². The fourth-order valence-electron chi connectivity index (χ4n) is 2.89. The molecule has 0 N–H and O–H groups in total. The molecule has 1 fully saturated rings. The number of hydrogen-bond donors (Lipinski definition) is 0. The molecule has 1 unspecified atom stereocenters. The monoisotopic (exact) mass is 338 g/mol. The molecule has 116 valence electrons. The van der Waals surface area contributed by atoms with Gasteiger partial charge in [-0.15, -0.1) is 11.3 Å². The van der Waals surface area contributed by atoms with Gasteiger partial charge in [0.2, 0.25) is 0 Å². The lowest BCUT2D eigenvalue weighted by Crippen LogP contribution is -2.41. The summed E-state index contributed by atoms with van der Waals surface area (Å²) in [6.07, 6.45) is 3.09. The first kappa shape index (κ1) is 15.2. The lowest BCUT2D eigenvalue weighted by atomic mass is 10.0. The van der Waals surface area contributed by atoms with Gasteiger partial charge in [-0.2, -0.15) is 0 Å². The standard InChI is InChI=1S/C15H15ClN2O3S/c1-9-5-2-3-8-17(9)15(19)14-12(16)10-6-4-7-11(18(20)21)13(10)22-14/h4,6-7,9H,2-3,5,8H2,1H3. The number of hydrogen-bond acceptors (Lipinski definition) is 4. The number of nitrogens with zero attached hydrogens (tertiary/aromatic N) is 2. The number of fused-ring (bicyclic) bond motifs is 1. The Kier molecular flexibility index (Phi) is 4.06. The first-order chi connectivity index (χ1) is 10.5. The average molecular weight is 339 g/mol. The molecular weight excluding hydrogens is 324 g/mol. The Morgan fingerprint density at radius 1 is 1.45 bits per heavy atom. The molecule has 2 heterocycles. The van der Waals surface area contributed by atoms with Crippen molar-refractivity contribution in [2.24, 2.45) is 0 Å². The van der Waals surface area contributed by atoms with Crippen LogP contribution < -0.4 is 0 Å². The van der Waals surface area contributed by atoms with Crippen molar-refractivity contribution in [2.45, 2.75) is 32.2 Å². The number of amides is 1. The molecule has 1 saturated heterocycles. The Hall–Kier alpha value is -1.66. The summed E-state index contributed by atoms with van der Waals surface area (Å²) in [5, 5.41) is 12.0. The third kappa shape index (κ3) is 2.46. The molecule has 0 saturated carbocycles. The number of non-ortho nitro benzene ring substituents is 1. The molecule has 0 spiro atoms. The highest BCUT2D eigenvalue weighted by atomic mass is 35.5. The third-order valence-corrected chi connectivity index (χ3v) is 5.81. The molecule has 1 aromatic carbocycles. The highest BCUT2D eigenvalue weighted by Gasteiger charge is 2.29. The van der Waals surface area contributed by atoms with Gasteiger partial charge >= 0.3 is 0 Å². The van der Waals surface area contributed by atoms with Crippen molar-refractivity contribution in [3.8, 4) is 0 Å². The summed E-state index contributed by atoms with van der Waals surface area (Å²) in [4.78, 5) is 25.7. The van der Waals surface area contributed by atoms with E-state index in [1.807, 2.05) is 11.8 Å². The van der Waals surface area contributed by atoms with E-state index in [0.29, 0.717) is 26.5 Å². The Bertz CT molecular complexity index is 759. The van der Waals surface area contributed by atoms with Crippen LogP contribution in [0.2, 0.25) is 5.02 Å². The van der Waals surface area contributed by atoms with E-state index < -0.39 is 4.92 Å². The van der Waals surface area contributed by atoms with Gasteiger partial charge in [0.05, 0.1) is 9.95 Å². The summed E-state index contributed by atoms with van der Waals surface area (Å²) >= 11 is 7.45. The summed E-state index contributed by atoms with van der Waals surface area (Å²) in [5.74, 6) is -0.118. The van der Waals surface area contributed by atoms with E-state index in [9.17, 15) is 14.9 Å². The van der Waals surface area contributed by atoms with Crippen molar-refractivity contribution >= 4 is 44.6 Å². The smallest absolute Gasteiger partial charge is 0.287 e. The van der Waals surface area contributed by atoms with Crippen LogP contribution >= 0.6 is 22.9 Å². The molecule has 3 rings (SSSR count). The van der Waals surface area contributed by atoms with Crippen LogP contribution in [0.25, 0.3) is 10.1 Å². The van der Waals surface area contributed by atoms with Gasteiger partial charge in [0.15, 0.2) is 0 Å². The molecule has 1 aliphatic heterocycles. The van der Waals surface area contributed by atoms with Gasteiger partial charge < -0.3 is 4.90 Å². The number of carbonyl (C=O) groups is 1. The molecule has 22 heavy (non-hydrogen) atoms. The minimum atomic E-state index is -0.438. The van der Waals surface area contributed by atoms with Gasteiger partial charge in [-0.05, 0) is 26.2 Å². The second kappa shape index (κ2) is 5.85. The SMILES string of the molecule is CC1CCCCN1C(=O)c1sc2c([N+](=O)[O-])cccc2c1Cl. The number of nitro benzene ring substituents is 1. The van der Waals surface area contributed by atoms with Crippen LogP contribution in [0.3, 0.4) is 0 Å². The summed E-state index contributed by atoms with van der Waals surface area (Å²) < 4.78 is 0.463. The summed E-state index contributed by atoms with van der Waals surface area (Å²) in [5.41, 5.74) is -0.00450. The van der Waals surface area contributed by atoms with E-state index >= 15 is 0 Å². The van der Waals surface area contributed by atoms with Gasteiger partial charge in [0.1, 0.15) is 9.58 Å². The maximum atomic E-state index is 12.8. The van der Waals surface area contributed by atoms with Crippen LogP contribution in [0.5, 0.6) is 0 Å². The van der Waals surface area contributed by atoms with Crippen LogP contribution in [-0.2, 0) is 0 Å². The van der Waals surface area contributed by atoms with Crippen molar-refractivity contribution in [3.63, 3.8) is 0 Å². The normalized spacial score (nSPS) is 18.6. The van der Waals surface area contributed by atoms with E-state index in [2.05, 4.69) is 0 Å². The largest absolute Gasteiger partial charge is 0.335 e. The number of piperidine rings is 1. The molecule has 0 aliphatic carbocycles. The minimum Gasteiger partial charge on any atom is -0.335 e. The predicted molar refractivity (Wildman–Crippen MR) is 87.8 cm³/mol. The highest BCUT2D eigenvalue weighted by molar-refractivity contribution is 7.22. The van der Waals surface area contributed by atoms with Crippen LogP contribution in [0.15, 0.2) is 18.2 Å². The van der Waals surface area contributed by atoms with Crippen LogP contribution in [-0.4, -0.2) is 28.3 Å². The van der Waals surface area contributed by atoms with Crippen LogP contribution in [0.4, 0.5) is 5.69 Å². The van der Waals surface area contributed by atoms with Gasteiger partial charge in [-0.25, -0.2) is 0 Å². The molecule has 1 atom stereocenters. The van der Waals surface area contributed by atoms with Gasteiger partial charge in [0, 0.05) is 24.0 Å². The third-order valence-electron chi connectivity index (χ3n) is 4.09. The number of benzene rings is 1. The molecular formula is C15H15ClN2O3S. The first-order valence-corrected chi connectivity index (χ1v) is 8.36. The first-order valence-electron chi connectivity index (χ1n) is 7.17. The van der Waals surface area contributed by atoms with Crippen molar-refractivity contribution < 1.29 is 9.72 Å². The lowest BCUT2D eigenvalue weighted by molar-refractivity contribution is -0.382. The molecule has 7 heteroatoms. The number of thiophene rings is 1. The van der Waals surface area contributed by atoms with E-state index in [1.165, 1.54) is 6.07 Å². The number of halogens is 1. The highest BCUT2D eigenvalue weighted by Crippen LogP contribution is 2.41. The minimum absolute atomic E-state index is 0.00450. The van der Waals surface area contributed by atoms with E-state index in [4.69, 9.17) is 11.6 Å². The second-order valence-electron chi connectivity index (χ2n) is 5.50. The summed E-state index contributed by atoms with van der Waals surface area (Å²) in [6.45, 7) is 2.74. The Labute approximate surface area is 136 Å². The topological polar surface area (TPSA) is 63.5 Å². The Morgan fingerprint density at radius 3 is 2.91 bits per heavy atom. The van der Waals surface area contributed by atoms with E-state index in [1.54, 1.807) is 12.1 Å². The van der Waals surface area contributed by atoms with Crippen LogP contribution in [0.1, 0.15) is 35.9 Å². The van der Waals surface area contributed by atoms with E-state index in [0.717, 1.165) is 30.6 Å². The molecule has 1 amide bonds. The summed E-state index contributed by atoms with van der Waals surface area (Å²) in [7, 11) is 0. The maximum absolute atomic E-state index is 12.8. The van der Waals surface area contributed by atoms with E-state index in [-0.39, 0.29) is 17.6 Å². The number of carbonyl (C=O) groups excluding carboxylic acids is 1. The van der Waals surface area contributed by atoms with Crippen molar-refractivity contribution in [1.29, 1.82) is 0 Å². The van der Waals surface area contributed by atoms with Gasteiger partial charge in [0.25, 0.3) is 11.6 Å². The summed E-state index contributed by atoms with van der Waals surface area (Å²) in [6, 6.07) is 4.93.